The summed E-state index contributed by atoms with van der Waals surface area (Å²) in [6.45, 7) is 3.77. The van der Waals surface area contributed by atoms with E-state index in [2.05, 4.69) is 10.6 Å². The molecule has 78 valence electrons. The van der Waals surface area contributed by atoms with Gasteiger partial charge in [0.2, 0.25) is 5.91 Å². The number of carbonyl (C=O) groups excluding carboxylic acids is 1. The fourth-order valence-corrected chi connectivity index (χ4v) is 1.29. The van der Waals surface area contributed by atoms with E-state index in [0.29, 0.717) is 0 Å². The average molecular weight is 196 g/mol. The molecule has 0 saturated carbocycles. The highest BCUT2D eigenvalue weighted by molar-refractivity contribution is 5.80. The van der Waals surface area contributed by atoms with Crippen LogP contribution in [0.3, 0.4) is 0 Å². The Morgan fingerprint density at radius 1 is 1.50 bits per heavy atom. The standard InChI is InChI=1S/C10H16N2O2/c1-7(9-5-4-6-14-9)12-8(2)10(13)11-3/h4-8,12H,1-3H3,(H,11,13)/t7?,8-/m1/s1. The molecule has 1 heterocycles. The van der Waals surface area contributed by atoms with Crippen molar-refractivity contribution in [2.45, 2.75) is 25.9 Å². The maximum atomic E-state index is 11.2. The summed E-state index contributed by atoms with van der Waals surface area (Å²) in [5.41, 5.74) is 0. The van der Waals surface area contributed by atoms with Crippen molar-refractivity contribution in [3.8, 4) is 0 Å². The summed E-state index contributed by atoms with van der Waals surface area (Å²) < 4.78 is 5.22. The van der Waals surface area contributed by atoms with Gasteiger partial charge in [0.1, 0.15) is 5.76 Å². The third-order valence-electron chi connectivity index (χ3n) is 2.11. The predicted octanol–water partition coefficient (Wildman–Crippen LogP) is 1.06. The second kappa shape index (κ2) is 4.81. The monoisotopic (exact) mass is 196 g/mol. The molecule has 1 unspecified atom stereocenters. The van der Waals surface area contributed by atoms with Crippen molar-refractivity contribution < 1.29 is 9.21 Å². The molecule has 4 heteroatoms. The molecule has 0 aliphatic rings. The van der Waals surface area contributed by atoms with Gasteiger partial charge in [0.25, 0.3) is 0 Å². The van der Waals surface area contributed by atoms with E-state index in [9.17, 15) is 4.79 Å². The first-order valence-corrected chi connectivity index (χ1v) is 4.66. The van der Waals surface area contributed by atoms with Crippen molar-refractivity contribution in [3.05, 3.63) is 24.2 Å². The molecule has 1 rings (SSSR count). The SMILES string of the molecule is CNC(=O)[C@@H](C)NC(C)c1ccco1. The number of likely N-dealkylation sites (N-methyl/N-ethyl adjacent to an activating group) is 1. The molecular weight excluding hydrogens is 180 g/mol. The van der Waals surface area contributed by atoms with Crippen LogP contribution in [0.5, 0.6) is 0 Å². The number of hydrogen-bond donors (Lipinski definition) is 2. The van der Waals surface area contributed by atoms with Crippen LogP contribution in [-0.2, 0) is 4.79 Å². The van der Waals surface area contributed by atoms with Crippen molar-refractivity contribution in [2.75, 3.05) is 7.05 Å². The quantitative estimate of drug-likeness (QED) is 0.757. The van der Waals surface area contributed by atoms with Gasteiger partial charge in [0.15, 0.2) is 0 Å². The lowest BCUT2D eigenvalue weighted by Crippen LogP contribution is -2.41. The zero-order chi connectivity index (χ0) is 10.6. The maximum Gasteiger partial charge on any atom is 0.236 e. The Morgan fingerprint density at radius 2 is 2.21 bits per heavy atom. The molecule has 0 aliphatic heterocycles. The van der Waals surface area contributed by atoms with Gasteiger partial charge < -0.3 is 9.73 Å². The molecular formula is C10H16N2O2. The smallest absolute Gasteiger partial charge is 0.236 e. The Kier molecular flexibility index (Phi) is 3.71. The summed E-state index contributed by atoms with van der Waals surface area (Å²) >= 11 is 0. The fraction of sp³-hybridized carbons (Fsp3) is 0.500. The Labute approximate surface area is 83.7 Å². The van der Waals surface area contributed by atoms with Gasteiger partial charge in [0, 0.05) is 7.05 Å². The second-order valence-electron chi connectivity index (χ2n) is 3.24. The van der Waals surface area contributed by atoms with Gasteiger partial charge in [-0.05, 0) is 26.0 Å². The van der Waals surface area contributed by atoms with Crippen molar-refractivity contribution in [1.82, 2.24) is 10.6 Å². The van der Waals surface area contributed by atoms with Gasteiger partial charge in [-0.2, -0.15) is 0 Å². The van der Waals surface area contributed by atoms with Crippen molar-refractivity contribution in [3.63, 3.8) is 0 Å². The normalized spacial score (nSPS) is 14.8. The summed E-state index contributed by atoms with van der Waals surface area (Å²) in [6.07, 6.45) is 1.62. The van der Waals surface area contributed by atoms with E-state index in [0.717, 1.165) is 5.76 Å². The van der Waals surface area contributed by atoms with Gasteiger partial charge >= 0.3 is 0 Å². The van der Waals surface area contributed by atoms with Gasteiger partial charge in [-0.1, -0.05) is 0 Å². The zero-order valence-corrected chi connectivity index (χ0v) is 8.70. The average Bonchev–Trinajstić information content (AvgIpc) is 2.69. The van der Waals surface area contributed by atoms with E-state index in [1.165, 1.54) is 0 Å². The topological polar surface area (TPSA) is 54.3 Å². The highest BCUT2D eigenvalue weighted by Crippen LogP contribution is 2.12. The molecule has 1 aromatic rings. The van der Waals surface area contributed by atoms with Crippen molar-refractivity contribution in [2.24, 2.45) is 0 Å². The minimum Gasteiger partial charge on any atom is -0.468 e. The van der Waals surface area contributed by atoms with Gasteiger partial charge in [-0.3, -0.25) is 10.1 Å². The predicted molar refractivity (Wildman–Crippen MR) is 53.8 cm³/mol. The van der Waals surface area contributed by atoms with Crippen molar-refractivity contribution in [1.29, 1.82) is 0 Å². The van der Waals surface area contributed by atoms with Crippen LogP contribution in [0.1, 0.15) is 25.6 Å². The van der Waals surface area contributed by atoms with E-state index in [1.54, 1.807) is 13.3 Å². The van der Waals surface area contributed by atoms with Gasteiger partial charge in [-0.25, -0.2) is 0 Å². The largest absolute Gasteiger partial charge is 0.468 e. The third kappa shape index (κ3) is 2.60. The van der Waals surface area contributed by atoms with Crippen LogP contribution in [0, 0.1) is 0 Å². The van der Waals surface area contributed by atoms with E-state index in [1.807, 2.05) is 26.0 Å². The van der Waals surface area contributed by atoms with Crippen LogP contribution in [0.15, 0.2) is 22.8 Å². The summed E-state index contributed by atoms with van der Waals surface area (Å²) in [7, 11) is 1.62. The minimum atomic E-state index is -0.222. The molecule has 0 aliphatic carbocycles. The summed E-state index contributed by atoms with van der Waals surface area (Å²) in [4.78, 5) is 11.2. The molecule has 0 saturated heterocycles. The van der Waals surface area contributed by atoms with Crippen LogP contribution in [0.4, 0.5) is 0 Å². The van der Waals surface area contributed by atoms with Crippen LogP contribution in [-0.4, -0.2) is 19.0 Å². The third-order valence-corrected chi connectivity index (χ3v) is 2.11. The van der Waals surface area contributed by atoms with E-state index in [-0.39, 0.29) is 18.0 Å². The highest BCUT2D eigenvalue weighted by Gasteiger charge is 2.15. The molecule has 4 nitrogen and oxygen atoms in total. The summed E-state index contributed by atoms with van der Waals surface area (Å²) in [5, 5.41) is 5.71. The number of amides is 1. The summed E-state index contributed by atoms with van der Waals surface area (Å²) in [6, 6.07) is 3.53. The lowest BCUT2D eigenvalue weighted by atomic mass is 10.2. The fourth-order valence-electron chi connectivity index (χ4n) is 1.29. The van der Waals surface area contributed by atoms with E-state index >= 15 is 0 Å². The maximum absolute atomic E-state index is 11.2. The van der Waals surface area contributed by atoms with Crippen LogP contribution < -0.4 is 10.6 Å². The lowest BCUT2D eigenvalue weighted by Gasteiger charge is -2.16. The first kappa shape index (κ1) is 10.8. The van der Waals surface area contributed by atoms with Gasteiger partial charge in [-0.15, -0.1) is 0 Å². The minimum absolute atomic E-state index is 0.0246. The number of furan rings is 1. The number of carbonyl (C=O) groups is 1. The first-order chi connectivity index (χ1) is 6.65. The molecule has 0 aromatic carbocycles. The van der Waals surface area contributed by atoms with Crippen LogP contribution in [0.25, 0.3) is 0 Å². The molecule has 0 spiro atoms. The molecule has 2 atom stereocenters. The Morgan fingerprint density at radius 3 is 2.71 bits per heavy atom. The first-order valence-electron chi connectivity index (χ1n) is 4.66. The molecule has 0 fully saturated rings. The second-order valence-corrected chi connectivity index (χ2v) is 3.24. The van der Waals surface area contributed by atoms with Crippen LogP contribution in [0.2, 0.25) is 0 Å². The van der Waals surface area contributed by atoms with Crippen LogP contribution >= 0.6 is 0 Å². The Hall–Kier alpha value is -1.29. The Balaban J connectivity index is 2.49. The number of rotatable bonds is 4. The molecule has 2 N–H and O–H groups in total. The lowest BCUT2D eigenvalue weighted by molar-refractivity contribution is -0.122. The van der Waals surface area contributed by atoms with E-state index in [4.69, 9.17) is 4.42 Å². The molecule has 1 amide bonds. The summed E-state index contributed by atoms with van der Waals surface area (Å²) in [5.74, 6) is 0.809. The molecule has 0 radical (unpaired) electrons. The van der Waals surface area contributed by atoms with Gasteiger partial charge in [0.05, 0.1) is 18.3 Å². The highest BCUT2D eigenvalue weighted by atomic mass is 16.3. The zero-order valence-electron chi connectivity index (χ0n) is 8.70. The molecule has 0 bridgehead atoms. The Bertz CT molecular complexity index is 282. The van der Waals surface area contributed by atoms with Crippen molar-refractivity contribution >= 4 is 5.91 Å². The number of nitrogens with one attached hydrogen (secondary N) is 2. The molecule has 14 heavy (non-hydrogen) atoms. The molecule has 1 aromatic heterocycles. The number of hydrogen-bond acceptors (Lipinski definition) is 3. The van der Waals surface area contributed by atoms with E-state index < -0.39 is 0 Å².